The molecule has 3 N–H and O–H groups in total. The van der Waals surface area contributed by atoms with Gasteiger partial charge in [0.15, 0.2) is 11.5 Å². The van der Waals surface area contributed by atoms with Crippen LogP contribution in [0.3, 0.4) is 0 Å². The Balaban J connectivity index is 1.39. The first-order chi connectivity index (χ1) is 21.0. The van der Waals surface area contributed by atoms with Crippen LogP contribution >= 0.6 is 0 Å². The Morgan fingerprint density at radius 3 is 2.47 bits per heavy atom. The first-order valence-electron chi connectivity index (χ1n) is 17.1. The van der Waals surface area contributed by atoms with Crippen LogP contribution in [0, 0.1) is 28.6 Å². The van der Waals surface area contributed by atoms with E-state index in [0.29, 0.717) is 17.5 Å². The fraction of sp³-hybridized carbons (Fsp3) is 0.778. The molecule has 8 atom stereocenters. The number of nitrogens with zero attached hydrogens (tertiary/aromatic N) is 1. The number of hydrogen-bond acceptors (Lipinski definition) is 7. The summed E-state index contributed by atoms with van der Waals surface area (Å²) in [5.41, 5.74) is -1.22. The van der Waals surface area contributed by atoms with Crippen LogP contribution in [0.25, 0.3) is 0 Å². The van der Waals surface area contributed by atoms with Crippen molar-refractivity contribution >= 4 is 12.1 Å². The van der Waals surface area contributed by atoms with Gasteiger partial charge in [0.1, 0.15) is 17.2 Å². The molecule has 0 radical (unpaired) electrons. The number of benzene rings is 1. The fourth-order valence-electron chi connectivity index (χ4n) is 11.1. The lowest BCUT2D eigenvalue weighted by atomic mass is 9.30. The number of rotatable bonds is 8. The molecule has 8 rings (SSSR count). The Morgan fingerprint density at radius 2 is 1.87 bits per heavy atom. The van der Waals surface area contributed by atoms with Crippen LogP contribution in [0.1, 0.15) is 98.1 Å². The third-order valence-corrected chi connectivity index (χ3v) is 13.9. The van der Waals surface area contributed by atoms with Crippen LogP contribution < -0.4 is 14.8 Å². The van der Waals surface area contributed by atoms with Crippen LogP contribution in [-0.4, -0.2) is 76.3 Å². The van der Waals surface area contributed by atoms with Gasteiger partial charge in [-0.15, -0.1) is 0 Å². The number of ether oxygens (including phenoxy) is 3. The van der Waals surface area contributed by atoms with Gasteiger partial charge in [-0.05, 0) is 94.2 Å². The second-order valence-corrected chi connectivity index (χ2v) is 16.9. The smallest absolute Gasteiger partial charge is 0.413 e. The summed E-state index contributed by atoms with van der Waals surface area (Å²) in [6, 6.07) is 3.16. The number of carboxylic acids is 1. The zero-order valence-electron chi connectivity index (χ0n) is 28.3. The lowest BCUT2D eigenvalue weighted by Gasteiger charge is -2.78. The highest BCUT2D eigenvalue weighted by Crippen LogP contribution is 2.81. The average molecular weight is 625 g/mol. The number of carboxylic acid groups (broad SMARTS) is 1. The van der Waals surface area contributed by atoms with Gasteiger partial charge in [-0.3, -0.25) is 4.90 Å². The van der Waals surface area contributed by atoms with Gasteiger partial charge in [-0.2, -0.15) is 0 Å². The minimum Gasteiger partial charge on any atom is -0.480 e. The molecule has 2 spiro atoms. The molecule has 248 valence electrons. The Hall–Kier alpha value is -2.36. The molecule has 0 aromatic heterocycles. The SMILES string of the molecule is CO[C@]12CC[C@@]3(C[C@@H]1[C@@](C)(O)C(C)(C)C)[C@H]1Cc4ccc(OC(=O)NC(C(=O)O)C(C)C)c5c4[C@@]3(CCN1CC1CC1)[C@]2(C)O5. The molecule has 2 aliphatic heterocycles. The predicted molar refractivity (Wildman–Crippen MR) is 169 cm³/mol. The fourth-order valence-corrected chi connectivity index (χ4v) is 11.1. The van der Waals surface area contributed by atoms with Crippen LogP contribution in [0.2, 0.25) is 0 Å². The molecule has 1 saturated heterocycles. The lowest BCUT2D eigenvalue weighted by molar-refractivity contribution is -0.345. The molecule has 7 aliphatic rings. The monoisotopic (exact) mass is 624 g/mol. The molecule has 5 fully saturated rings. The molecule has 2 heterocycles. The third kappa shape index (κ3) is 3.78. The van der Waals surface area contributed by atoms with E-state index in [2.05, 4.69) is 44.0 Å². The number of fused-ring (bicyclic) bond motifs is 2. The summed E-state index contributed by atoms with van der Waals surface area (Å²) in [7, 11) is 1.78. The van der Waals surface area contributed by atoms with E-state index in [1.165, 1.54) is 18.4 Å². The summed E-state index contributed by atoms with van der Waals surface area (Å²) in [4.78, 5) is 27.8. The standard InChI is InChI=1S/C36H52N2O7/c1-20(2)27(29(39)40)37-30(41)44-23-12-11-22-17-25-34-13-14-36(43-8,24(18-34)32(6,42)31(3,4)5)33(7)35(34,26(22)28(23)45-33)15-16-38(25)19-21-9-10-21/h11-12,20-21,24-25,27,42H,9-10,13-19H2,1-8H3,(H,37,41)(H,39,40)/t24-,25-,27?,32-,33+,34-,35+,36-/m1/s1. The van der Waals surface area contributed by atoms with Crippen LogP contribution in [0.15, 0.2) is 12.1 Å². The Kier molecular flexibility index (Phi) is 6.67. The second-order valence-electron chi connectivity index (χ2n) is 16.9. The number of hydrogen-bond donors (Lipinski definition) is 3. The van der Waals surface area contributed by atoms with Crippen molar-refractivity contribution in [2.45, 2.75) is 128 Å². The molecule has 45 heavy (non-hydrogen) atoms. The zero-order valence-corrected chi connectivity index (χ0v) is 28.3. The number of likely N-dealkylation sites (tertiary alicyclic amines) is 1. The second kappa shape index (κ2) is 9.60. The van der Waals surface area contributed by atoms with E-state index in [0.717, 1.165) is 56.7 Å². The van der Waals surface area contributed by atoms with Crippen molar-refractivity contribution in [3.8, 4) is 11.5 Å². The molecule has 1 aromatic carbocycles. The van der Waals surface area contributed by atoms with Crippen molar-refractivity contribution in [1.29, 1.82) is 0 Å². The summed E-state index contributed by atoms with van der Waals surface area (Å²) in [5.74, 6) is 0.0608. The lowest BCUT2D eigenvalue weighted by Crippen LogP contribution is -2.87. The van der Waals surface area contributed by atoms with E-state index < -0.39 is 40.3 Å². The molecule has 4 saturated carbocycles. The minimum atomic E-state index is -1.10. The highest BCUT2D eigenvalue weighted by Gasteiger charge is 2.87. The molecule has 9 heteroatoms. The number of piperidine rings is 1. The maximum absolute atomic E-state index is 13.2. The molecular weight excluding hydrogens is 572 g/mol. The first-order valence-corrected chi connectivity index (χ1v) is 17.1. The van der Waals surface area contributed by atoms with Crippen LogP contribution in [0.4, 0.5) is 4.79 Å². The molecule has 5 aliphatic carbocycles. The first kappa shape index (κ1) is 31.3. The molecule has 4 bridgehead atoms. The number of carbonyl (C=O) groups is 2. The summed E-state index contributed by atoms with van der Waals surface area (Å²) in [6.45, 7) is 16.1. The Bertz CT molecular complexity index is 1430. The number of aliphatic hydroxyl groups is 1. The van der Waals surface area contributed by atoms with Crippen molar-refractivity contribution in [1.82, 2.24) is 10.2 Å². The molecular formula is C36H52N2O7. The van der Waals surface area contributed by atoms with Gasteiger partial charge >= 0.3 is 12.1 Å². The number of carbonyl (C=O) groups excluding carboxylic acids is 1. The van der Waals surface area contributed by atoms with Gasteiger partial charge in [0.2, 0.25) is 0 Å². The Morgan fingerprint density at radius 1 is 1.16 bits per heavy atom. The van der Waals surface area contributed by atoms with Crippen molar-refractivity contribution in [3.63, 3.8) is 0 Å². The van der Waals surface area contributed by atoms with E-state index in [1.54, 1.807) is 21.0 Å². The minimum absolute atomic E-state index is 0.153. The number of methoxy groups -OCH3 is 1. The van der Waals surface area contributed by atoms with Gasteiger partial charge in [-0.25, -0.2) is 9.59 Å². The topological polar surface area (TPSA) is 118 Å². The van der Waals surface area contributed by atoms with Crippen molar-refractivity contribution in [2.24, 2.45) is 28.6 Å². The highest BCUT2D eigenvalue weighted by atomic mass is 16.6. The normalized spacial score (nSPS) is 38.3. The quantitative estimate of drug-likeness (QED) is 0.357. The van der Waals surface area contributed by atoms with E-state index >= 15 is 0 Å². The maximum atomic E-state index is 13.2. The van der Waals surface area contributed by atoms with E-state index in [9.17, 15) is 19.8 Å². The maximum Gasteiger partial charge on any atom is 0.413 e. The molecule has 9 nitrogen and oxygen atoms in total. The zero-order chi connectivity index (χ0) is 32.5. The molecule has 1 amide bonds. The van der Waals surface area contributed by atoms with Gasteiger partial charge in [-0.1, -0.05) is 40.7 Å². The van der Waals surface area contributed by atoms with Crippen LogP contribution in [-0.2, 0) is 21.4 Å². The summed E-state index contributed by atoms with van der Waals surface area (Å²) >= 11 is 0. The van der Waals surface area contributed by atoms with E-state index in [4.69, 9.17) is 14.2 Å². The van der Waals surface area contributed by atoms with E-state index in [-0.39, 0.29) is 22.7 Å². The third-order valence-electron chi connectivity index (χ3n) is 13.9. The summed E-state index contributed by atoms with van der Waals surface area (Å²) in [6.07, 6.45) is 6.21. The summed E-state index contributed by atoms with van der Waals surface area (Å²) < 4.78 is 20.0. The van der Waals surface area contributed by atoms with Gasteiger partial charge in [0.05, 0.1) is 11.0 Å². The number of amides is 1. The van der Waals surface area contributed by atoms with Gasteiger partial charge < -0.3 is 29.7 Å². The van der Waals surface area contributed by atoms with Crippen molar-refractivity contribution in [3.05, 3.63) is 23.3 Å². The van der Waals surface area contributed by atoms with Crippen molar-refractivity contribution in [2.75, 3.05) is 20.2 Å². The number of nitrogens with one attached hydrogen (secondary N) is 1. The van der Waals surface area contributed by atoms with Gasteiger partial charge in [0.25, 0.3) is 0 Å². The average Bonchev–Trinajstić information content (AvgIpc) is 3.72. The van der Waals surface area contributed by atoms with E-state index in [1.807, 2.05) is 13.0 Å². The molecule has 1 aromatic rings. The Labute approximate surface area is 267 Å². The van der Waals surface area contributed by atoms with Gasteiger partial charge in [0, 0.05) is 36.6 Å². The van der Waals surface area contributed by atoms with Crippen LogP contribution in [0.5, 0.6) is 11.5 Å². The largest absolute Gasteiger partial charge is 0.480 e. The molecule has 1 unspecified atom stereocenters. The summed E-state index contributed by atoms with van der Waals surface area (Å²) in [5, 5.41) is 24.7. The van der Waals surface area contributed by atoms with Crippen molar-refractivity contribution < 1.29 is 34.0 Å². The highest BCUT2D eigenvalue weighted by molar-refractivity contribution is 5.81. The predicted octanol–water partition coefficient (Wildman–Crippen LogP) is 5.30. The number of aliphatic carboxylic acids is 1.